The molecular weight excluding hydrogens is 280 g/mol. The monoisotopic (exact) mass is 294 g/mol. The molecule has 2 heterocycles. The van der Waals surface area contributed by atoms with Gasteiger partial charge in [-0.05, 0) is 36.4 Å². The van der Waals surface area contributed by atoms with Crippen LogP contribution in [0.2, 0.25) is 0 Å². The van der Waals surface area contributed by atoms with E-state index in [1.807, 2.05) is 12.1 Å². The first-order chi connectivity index (χ1) is 10.8. The molecule has 6 heteroatoms. The second kappa shape index (κ2) is 6.14. The van der Waals surface area contributed by atoms with Gasteiger partial charge in [-0.25, -0.2) is 4.79 Å². The summed E-state index contributed by atoms with van der Waals surface area (Å²) in [5, 5.41) is 14.4. The number of aromatic nitrogens is 1. The van der Waals surface area contributed by atoms with Crippen molar-refractivity contribution in [3.8, 4) is 11.8 Å². The molecule has 0 saturated carbocycles. The number of carbonyl (C=O) groups is 1. The van der Waals surface area contributed by atoms with Crippen LogP contribution in [0, 0.1) is 11.3 Å². The highest BCUT2D eigenvalue weighted by molar-refractivity contribution is 5.89. The van der Waals surface area contributed by atoms with Gasteiger partial charge in [-0.2, -0.15) is 5.26 Å². The summed E-state index contributed by atoms with van der Waals surface area (Å²) in [6.45, 7) is 0.542. The average molecular weight is 294 g/mol. The average Bonchev–Trinajstić information content (AvgIpc) is 2.56. The number of ether oxygens (including phenoxy) is 1. The molecule has 1 aliphatic heterocycles. The number of anilines is 1. The number of nitriles is 1. The molecule has 1 unspecified atom stereocenters. The SMILES string of the molecule is N#Cc1ccc(NC(=O)NC2CCOc3cccnc32)cc1. The zero-order valence-electron chi connectivity index (χ0n) is 11.7. The predicted octanol–water partition coefficient (Wildman–Crippen LogP) is 2.60. The van der Waals surface area contributed by atoms with Crippen molar-refractivity contribution in [2.75, 3.05) is 11.9 Å². The first kappa shape index (κ1) is 13.9. The Balaban J connectivity index is 1.66. The molecule has 0 saturated heterocycles. The number of urea groups is 1. The second-order valence-electron chi connectivity index (χ2n) is 4.86. The maximum Gasteiger partial charge on any atom is 0.319 e. The number of pyridine rings is 1. The minimum Gasteiger partial charge on any atom is -0.491 e. The number of rotatable bonds is 2. The van der Waals surface area contributed by atoms with E-state index >= 15 is 0 Å². The molecule has 2 aromatic rings. The Kier molecular flexibility index (Phi) is 3.88. The fraction of sp³-hybridized carbons (Fsp3) is 0.188. The number of fused-ring (bicyclic) bond motifs is 1. The van der Waals surface area contributed by atoms with Gasteiger partial charge >= 0.3 is 6.03 Å². The number of nitrogens with zero attached hydrogens (tertiary/aromatic N) is 2. The summed E-state index contributed by atoms with van der Waals surface area (Å²) in [5.41, 5.74) is 1.92. The van der Waals surface area contributed by atoms with Gasteiger partial charge in [0.2, 0.25) is 0 Å². The van der Waals surface area contributed by atoms with Gasteiger partial charge in [-0.3, -0.25) is 4.98 Å². The lowest BCUT2D eigenvalue weighted by molar-refractivity contribution is 0.230. The summed E-state index contributed by atoms with van der Waals surface area (Å²) in [6.07, 6.45) is 2.35. The minimum absolute atomic E-state index is 0.177. The molecule has 22 heavy (non-hydrogen) atoms. The molecule has 0 fully saturated rings. The lowest BCUT2D eigenvalue weighted by atomic mass is 10.1. The highest BCUT2D eigenvalue weighted by atomic mass is 16.5. The van der Waals surface area contributed by atoms with E-state index in [-0.39, 0.29) is 12.1 Å². The third-order valence-electron chi connectivity index (χ3n) is 3.37. The van der Waals surface area contributed by atoms with Gasteiger partial charge in [0.1, 0.15) is 11.4 Å². The van der Waals surface area contributed by atoms with Gasteiger partial charge in [-0.1, -0.05) is 0 Å². The normalized spacial score (nSPS) is 15.9. The molecule has 0 radical (unpaired) electrons. The second-order valence-corrected chi connectivity index (χ2v) is 4.86. The molecule has 110 valence electrons. The largest absolute Gasteiger partial charge is 0.491 e. The van der Waals surface area contributed by atoms with Crippen molar-refractivity contribution in [3.63, 3.8) is 0 Å². The van der Waals surface area contributed by atoms with E-state index in [2.05, 4.69) is 15.6 Å². The molecule has 0 aliphatic carbocycles. The Hall–Kier alpha value is -3.07. The van der Waals surface area contributed by atoms with Crippen LogP contribution in [0.15, 0.2) is 42.6 Å². The molecule has 1 aromatic carbocycles. The van der Waals surface area contributed by atoms with E-state index in [9.17, 15) is 4.79 Å². The van der Waals surface area contributed by atoms with Crippen LogP contribution in [-0.2, 0) is 0 Å². The van der Waals surface area contributed by atoms with E-state index in [1.54, 1.807) is 36.5 Å². The van der Waals surface area contributed by atoms with Crippen molar-refractivity contribution in [2.45, 2.75) is 12.5 Å². The molecule has 0 spiro atoms. The molecular formula is C16H14N4O2. The Morgan fingerprint density at radius 3 is 2.91 bits per heavy atom. The number of nitrogens with one attached hydrogen (secondary N) is 2. The molecule has 6 nitrogen and oxygen atoms in total. The van der Waals surface area contributed by atoms with Crippen LogP contribution >= 0.6 is 0 Å². The molecule has 0 bridgehead atoms. The highest BCUT2D eigenvalue weighted by Crippen LogP contribution is 2.29. The van der Waals surface area contributed by atoms with E-state index < -0.39 is 0 Å². The van der Waals surface area contributed by atoms with Crippen LogP contribution in [0.1, 0.15) is 23.7 Å². The van der Waals surface area contributed by atoms with Gasteiger partial charge < -0.3 is 15.4 Å². The van der Waals surface area contributed by atoms with Crippen molar-refractivity contribution in [1.29, 1.82) is 5.26 Å². The summed E-state index contributed by atoms with van der Waals surface area (Å²) in [4.78, 5) is 16.4. The molecule has 1 aliphatic rings. The van der Waals surface area contributed by atoms with Crippen molar-refractivity contribution >= 4 is 11.7 Å². The molecule has 2 N–H and O–H groups in total. The maximum absolute atomic E-state index is 12.1. The Labute approximate surface area is 127 Å². The summed E-state index contributed by atoms with van der Waals surface area (Å²) >= 11 is 0. The molecule has 3 rings (SSSR count). The summed E-state index contributed by atoms with van der Waals surface area (Å²) in [7, 11) is 0. The number of amides is 2. The van der Waals surface area contributed by atoms with E-state index in [0.29, 0.717) is 30.0 Å². The van der Waals surface area contributed by atoms with Crippen LogP contribution in [0.3, 0.4) is 0 Å². The molecule has 2 amide bonds. The zero-order valence-corrected chi connectivity index (χ0v) is 11.7. The Morgan fingerprint density at radius 2 is 2.14 bits per heavy atom. The van der Waals surface area contributed by atoms with Crippen LogP contribution in [-0.4, -0.2) is 17.6 Å². The van der Waals surface area contributed by atoms with Gasteiger partial charge in [0.25, 0.3) is 0 Å². The van der Waals surface area contributed by atoms with Gasteiger partial charge in [-0.15, -0.1) is 0 Å². The zero-order chi connectivity index (χ0) is 15.4. The van der Waals surface area contributed by atoms with Gasteiger partial charge in [0, 0.05) is 18.3 Å². The lowest BCUT2D eigenvalue weighted by Gasteiger charge is -2.25. The van der Waals surface area contributed by atoms with Crippen molar-refractivity contribution in [3.05, 3.63) is 53.9 Å². The quantitative estimate of drug-likeness (QED) is 0.891. The van der Waals surface area contributed by atoms with Crippen LogP contribution < -0.4 is 15.4 Å². The van der Waals surface area contributed by atoms with Crippen molar-refractivity contribution in [2.24, 2.45) is 0 Å². The minimum atomic E-state index is -0.312. The number of hydrogen-bond donors (Lipinski definition) is 2. The fourth-order valence-corrected chi connectivity index (χ4v) is 2.30. The lowest BCUT2D eigenvalue weighted by Crippen LogP contribution is -2.35. The van der Waals surface area contributed by atoms with E-state index in [4.69, 9.17) is 10.00 Å². The Morgan fingerprint density at radius 1 is 1.32 bits per heavy atom. The summed E-state index contributed by atoms with van der Waals surface area (Å²) < 4.78 is 5.51. The van der Waals surface area contributed by atoms with E-state index in [1.165, 1.54) is 0 Å². The topological polar surface area (TPSA) is 87.0 Å². The predicted molar refractivity (Wildman–Crippen MR) is 80.4 cm³/mol. The van der Waals surface area contributed by atoms with Crippen LogP contribution in [0.25, 0.3) is 0 Å². The molecule has 1 aromatic heterocycles. The van der Waals surface area contributed by atoms with Crippen molar-refractivity contribution in [1.82, 2.24) is 10.3 Å². The van der Waals surface area contributed by atoms with Crippen LogP contribution in [0.5, 0.6) is 5.75 Å². The summed E-state index contributed by atoms with van der Waals surface area (Å²) in [6, 6.07) is 11.9. The van der Waals surface area contributed by atoms with Gasteiger partial charge in [0.15, 0.2) is 0 Å². The molecule has 1 atom stereocenters. The maximum atomic E-state index is 12.1. The fourth-order valence-electron chi connectivity index (χ4n) is 2.30. The standard InChI is InChI=1S/C16H14N4O2/c17-10-11-3-5-12(6-4-11)19-16(21)20-13-7-9-22-14-2-1-8-18-15(13)14/h1-6,8,13H,7,9H2,(H2,19,20,21). The van der Waals surface area contributed by atoms with Crippen molar-refractivity contribution < 1.29 is 9.53 Å². The first-order valence-electron chi connectivity index (χ1n) is 6.91. The van der Waals surface area contributed by atoms with Gasteiger partial charge in [0.05, 0.1) is 24.3 Å². The third kappa shape index (κ3) is 2.99. The number of hydrogen-bond acceptors (Lipinski definition) is 4. The highest BCUT2D eigenvalue weighted by Gasteiger charge is 2.24. The summed E-state index contributed by atoms with van der Waals surface area (Å²) in [5.74, 6) is 0.706. The van der Waals surface area contributed by atoms with Crippen LogP contribution in [0.4, 0.5) is 10.5 Å². The number of benzene rings is 1. The first-order valence-corrected chi connectivity index (χ1v) is 6.91. The van der Waals surface area contributed by atoms with E-state index in [0.717, 1.165) is 5.69 Å². The number of carbonyl (C=O) groups excluding carboxylic acids is 1. The Bertz CT molecular complexity index is 722. The smallest absolute Gasteiger partial charge is 0.319 e. The third-order valence-corrected chi connectivity index (χ3v) is 3.37.